The Labute approximate surface area is 320 Å². The molecule has 0 bridgehead atoms. The van der Waals surface area contributed by atoms with E-state index in [1.807, 2.05) is 80.5 Å². The molecule has 0 unspecified atom stereocenters. The smallest absolute Gasteiger partial charge is 0.410 e. The molecule has 2 aliphatic heterocycles. The maximum Gasteiger partial charge on any atom is 0.410 e. The van der Waals surface area contributed by atoms with Gasteiger partial charge in [0, 0.05) is 46.7 Å². The second-order valence-electron chi connectivity index (χ2n) is 15.2. The molecule has 4 N–H and O–H groups in total. The van der Waals surface area contributed by atoms with Crippen LogP contribution >= 0.6 is 31.9 Å². The van der Waals surface area contributed by atoms with Gasteiger partial charge in [-0.25, -0.2) is 9.59 Å². The number of nitrogens with one attached hydrogen (secondary N) is 1. The molecule has 2 heterocycles. The Balaban J connectivity index is 0.000000295. The van der Waals surface area contributed by atoms with Crippen molar-refractivity contribution in [2.45, 2.75) is 106 Å². The van der Waals surface area contributed by atoms with Gasteiger partial charge in [-0.05, 0) is 161 Å². The fourth-order valence-electron chi connectivity index (χ4n) is 5.51. The van der Waals surface area contributed by atoms with Crippen LogP contribution in [0.25, 0.3) is 0 Å². The normalized spacial score (nSPS) is 15.5. The Bertz CT molecular complexity index is 1490. The van der Waals surface area contributed by atoms with Crippen molar-refractivity contribution >= 4 is 67.3 Å². The third kappa shape index (κ3) is 15.1. The van der Waals surface area contributed by atoms with Crippen molar-refractivity contribution in [3.8, 4) is 0 Å². The standard InChI is InChI=1S/C19H27BrN2O3.C11H19NO4.C8H10BrN/c1-12-10-13(2)16(15(20)11-12)21-17(23)14-6-8-22(9-7-14)18(24)25-19(3,4)5;1-11(2,3)16-10(15)12-6-4-8(5-7-12)9(13)14;1-5-3-6(2)8(10)7(9)4-5/h10-11,14H,6-9H2,1-5H3,(H,21,23);8H,4-7H2,1-3H3,(H,13,14);3-4H,10H2,1-2H3. The predicted molar refractivity (Wildman–Crippen MR) is 209 cm³/mol. The molecule has 0 aromatic heterocycles. The molecule has 11 nitrogen and oxygen atoms in total. The molecular weight excluding hydrogens is 784 g/mol. The minimum Gasteiger partial charge on any atom is -0.481 e. The van der Waals surface area contributed by atoms with E-state index in [2.05, 4.69) is 50.2 Å². The number of nitrogen functional groups attached to an aromatic ring is 1. The van der Waals surface area contributed by atoms with Crippen LogP contribution in [-0.4, -0.2) is 76.4 Å². The molecule has 0 atom stereocenters. The number of anilines is 2. The first-order chi connectivity index (χ1) is 23.5. The molecule has 2 aromatic rings. The molecule has 4 rings (SSSR count). The van der Waals surface area contributed by atoms with Gasteiger partial charge in [-0.15, -0.1) is 0 Å². The lowest BCUT2D eigenvalue weighted by atomic mass is 9.96. The summed E-state index contributed by atoms with van der Waals surface area (Å²) in [6, 6.07) is 8.13. The highest BCUT2D eigenvalue weighted by Gasteiger charge is 2.31. The van der Waals surface area contributed by atoms with E-state index in [0.29, 0.717) is 51.9 Å². The van der Waals surface area contributed by atoms with E-state index >= 15 is 0 Å². The summed E-state index contributed by atoms with van der Waals surface area (Å²) in [4.78, 5) is 50.3. The molecule has 2 fully saturated rings. The molecule has 51 heavy (non-hydrogen) atoms. The number of hydrogen-bond acceptors (Lipinski definition) is 7. The Hall–Kier alpha value is -3.32. The van der Waals surface area contributed by atoms with Crippen LogP contribution in [0.4, 0.5) is 21.0 Å². The quantitative estimate of drug-likeness (QED) is 0.259. The fraction of sp³-hybridized carbons (Fsp3) is 0.579. The number of piperidine rings is 2. The van der Waals surface area contributed by atoms with Crippen molar-refractivity contribution in [2.75, 3.05) is 37.2 Å². The summed E-state index contributed by atoms with van der Waals surface area (Å²) in [5.41, 5.74) is 10.9. The number of nitrogens with two attached hydrogens (primary N) is 1. The first-order valence-electron chi connectivity index (χ1n) is 17.3. The van der Waals surface area contributed by atoms with Crippen LogP contribution in [0.3, 0.4) is 0 Å². The second-order valence-corrected chi connectivity index (χ2v) is 16.9. The van der Waals surface area contributed by atoms with Crippen molar-refractivity contribution in [3.63, 3.8) is 0 Å². The number of rotatable bonds is 3. The van der Waals surface area contributed by atoms with E-state index < -0.39 is 17.2 Å². The highest BCUT2D eigenvalue weighted by Crippen LogP contribution is 2.30. The number of aryl methyl sites for hydroxylation is 4. The lowest BCUT2D eigenvalue weighted by molar-refractivity contribution is -0.143. The number of carbonyl (C=O) groups excluding carboxylic acids is 3. The van der Waals surface area contributed by atoms with E-state index in [4.69, 9.17) is 20.3 Å². The fourth-order valence-corrected chi connectivity index (χ4v) is 6.96. The number of amides is 3. The number of halogens is 2. The Morgan fingerprint density at radius 1 is 0.706 bits per heavy atom. The molecular formula is C38H56Br2N4O7. The molecule has 0 saturated carbocycles. The monoisotopic (exact) mass is 838 g/mol. The number of carboxylic acids is 1. The molecule has 0 aliphatic carbocycles. The van der Waals surface area contributed by atoms with E-state index in [9.17, 15) is 19.2 Å². The topological polar surface area (TPSA) is 152 Å². The summed E-state index contributed by atoms with van der Waals surface area (Å²) >= 11 is 6.89. The second kappa shape index (κ2) is 19.0. The summed E-state index contributed by atoms with van der Waals surface area (Å²) in [6.45, 7) is 21.1. The Morgan fingerprint density at radius 3 is 1.47 bits per heavy atom. The number of likely N-dealkylation sites (tertiary alicyclic amines) is 2. The third-order valence-corrected chi connectivity index (χ3v) is 9.46. The largest absolute Gasteiger partial charge is 0.481 e. The van der Waals surface area contributed by atoms with E-state index in [0.717, 1.165) is 37.0 Å². The molecule has 0 radical (unpaired) electrons. The molecule has 284 valence electrons. The zero-order valence-electron chi connectivity index (χ0n) is 31.7. The van der Waals surface area contributed by atoms with Gasteiger partial charge in [0.15, 0.2) is 0 Å². The SMILES string of the molecule is CC(C)(C)OC(=O)N1CCC(C(=O)O)CC1.Cc1cc(C)c(N)c(Br)c1.Cc1cc(C)c(NC(=O)C2CCN(C(=O)OC(C)(C)C)CC2)c(Br)c1. The van der Waals surface area contributed by atoms with Crippen molar-refractivity contribution in [1.29, 1.82) is 0 Å². The third-order valence-electron chi connectivity index (χ3n) is 8.17. The number of carboxylic acid groups (broad SMARTS) is 1. The van der Waals surface area contributed by atoms with Gasteiger partial charge in [-0.1, -0.05) is 12.1 Å². The van der Waals surface area contributed by atoms with Crippen molar-refractivity contribution in [3.05, 3.63) is 55.5 Å². The lowest BCUT2D eigenvalue weighted by Gasteiger charge is -2.33. The van der Waals surface area contributed by atoms with E-state index in [1.54, 1.807) is 9.80 Å². The minimum atomic E-state index is -0.774. The minimum absolute atomic E-state index is 0.0106. The first kappa shape index (κ1) is 43.8. The highest BCUT2D eigenvalue weighted by atomic mass is 79.9. The van der Waals surface area contributed by atoms with E-state index in [-0.39, 0.29) is 29.9 Å². The van der Waals surface area contributed by atoms with Gasteiger partial charge < -0.3 is 35.4 Å². The molecule has 3 amide bonds. The van der Waals surface area contributed by atoms with Gasteiger partial charge in [-0.3, -0.25) is 9.59 Å². The average Bonchev–Trinajstić information content (AvgIpc) is 3.00. The predicted octanol–water partition coefficient (Wildman–Crippen LogP) is 9.02. The van der Waals surface area contributed by atoms with E-state index in [1.165, 1.54) is 5.56 Å². The molecule has 0 spiro atoms. The summed E-state index contributed by atoms with van der Waals surface area (Å²) in [5.74, 6) is -1.18. The average molecular weight is 841 g/mol. The van der Waals surface area contributed by atoms with Gasteiger partial charge in [0.2, 0.25) is 5.91 Å². The zero-order valence-corrected chi connectivity index (χ0v) is 34.9. The van der Waals surface area contributed by atoms with Crippen LogP contribution in [0, 0.1) is 39.5 Å². The Kier molecular flexibility index (Phi) is 16.3. The van der Waals surface area contributed by atoms with Gasteiger partial charge in [0.1, 0.15) is 11.2 Å². The van der Waals surface area contributed by atoms with Gasteiger partial charge >= 0.3 is 18.2 Å². The van der Waals surface area contributed by atoms with Crippen LogP contribution in [-0.2, 0) is 19.1 Å². The maximum atomic E-state index is 12.6. The summed E-state index contributed by atoms with van der Waals surface area (Å²) in [6.07, 6.45) is 1.66. The van der Waals surface area contributed by atoms with Gasteiger partial charge in [0.05, 0.1) is 11.6 Å². The van der Waals surface area contributed by atoms with Crippen LogP contribution in [0.15, 0.2) is 33.2 Å². The van der Waals surface area contributed by atoms with Gasteiger partial charge in [-0.2, -0.15) is 0 Å². The molecule has 2 saturated heterocycles. The first-order valence-corrected chi connectivity index (χ1v) is 18.8. The van der Waals surface area contributed by atoms with Crippen molar-refractivity contribution in [1.82, 2.24) is 9.80 Å². The van der Waals surface area contributed by atoms with Gasteiger partial charge in [0.25, 0.3) is 0 Å². The summed E-state index contributed by atoms with van der Waals surface area (Å²) < 4.78 is 12.5. The number of hydrogen-bond donors (Lipinski definition) is 3. The van der Waals surface area contributed by atoms with Crippen LogP contribution in [0.5, 0.6) is 0 Å². The molecule has 2 aromatic carbocycles. The number of ether oxygens (including phenoxy) is 2. The number of benzene rings is 2. The summed E-state index contributed by atoms with van der Waals surface area (Å²) in [7, 11) is 0. The molecule has 2 aliphatic rings. The summed E-state index contributed by atoms with van der Waals surface area (Å²) in [5, 5.41) is 11.9. The van der Waals surface area contributed by atoms with Crippen LogP contribution in [0.2, 0.25) is 0 Å². The number of aliphatic carboxylic acids is 1. The maximum absolute atomic E-state index is 12.6. The number of nitrogens with zero attached hydrogens (tertiary/aromatic N) is 2. The molecule has 13 heteroatoms. The van der Waals surface area contributed by atoms with Crippen molar-refractivity contribution < 1.29 is 33.8 Å². The number of carbonyl (C=O) groups is 4. The van der Waals surface area contributed by atoms with Crippen molar-refractivity contribution in [2.24, 2.45) is 11.8 Å². The Morgan fingerprint density at radius 2 is 1.10 bits per heavy atom. The van der Waals surface area contributed by atoms with Crippen LogP contribution < -0.4 is 11.1 Å². The lowest BCUT2D eigenvalue weighted by Crippen LogP contribution is -2.43. The van der Waals surface area contributed by atoms with Crippen LogP contribution in [0.1, 0.15) is 89.5 Å². The zero-order chi connectivity index (χ0) is 38.8. The highest BCUT2D eigenvalue weighted by molar-refractivity contribution is 9.11.